The molecule has 0 radical (unpaired) electrons. The third-order valence-electron chi connectivity index (χ3n) is 3.32. The number of hydrogen-bond donors (Lipinski definition) is 1. The van der Waals surface area contributed by atoms with Crippen LogP contribution in [-0.4, -0.2) is 20.6 Å². The van der Waals surface area contributed by atoms with Gasteiger partial charge in [-0.15, -0.1) is 0 Å². The molecule has 0 saturated carbocycles. The lowest BCUT2D eigenvalue weighted by molar-refractivity contribution is -0.137. The minimum absolute atomic E-state index is 0.0124. The Morgan fingerprint density at radius 3 is 2.57 bits per heavy atom. The molecule has 8 heteroatoms. The zero-order valence-corrected chi connectivity index (χ0v) is 12.1. The molecule has 0 bridgehead atoms. The van der Waals surface area contributed by atoms with Gasteiger partial charge in [-0.25, -0.2) is 9.78 Å². The van der Waals surface area contributed by atoms with E-state index in [1.54, 1.807) is 24.3 Å². The summed E-state index contributed by atoms with van der Waals surface area (Å²) in [6, 6.07) is 7.35. The molecular weight excluding hydrogens is 333 g/mol. The van der Waals surface area contributed by atoms with E-state index >= 15 is 0 Å². The van der Waals surface area contributed by atoms with Crippen molar-refractivity contribution in [2.45, 2.75) is 6.18 Å². The number of fused-ring (bicyclic) bond motifs is 1. The number of carboxylic acids is 1. The molecule has 0 aliphatic heterocycles. The second kappa shape index (κ2) is 5.27. The minimum Gasteiger partial charge on any atom is -0.478 e. The highest BCUT2D eigenvalue weighted by molar-refractivity contribution is 6.32. The van der Waals surface area contributed by atoms with Crippen molar-refractivity contribution in [2.24, 2.45) is 0 Å². The highest BCUT2D eigenvalue weighted by atomic mass is 35.5. The predicted octanol–water partition coefficient (Wildman–Crippen LogP) is 4.40. The van der Waals surface area contributed by atoms with Gasteiger partial charge in [0.1, 0.15) is 0 Å². The molecule has 1 aromatic carbocycles. The SMILES string of the molecule is O=C(O)c1cn(-c2ncc(C(F)(F)F)cc2Cl)c2ccccc12. The fraction of sp³-hybridized carbons (Fsp3) is 0.0667. The largest absolute Gasteiger partial charge is 0.478 e. The molecule has 118 valence electrons. The van der Waals surface area contributed by atoms with E-state index in [0.29, 0.717) is 17.1 Å². The van der Waals surface area contributed by atoms with Crippen molar-refractivity contribution >= 4 is 28.5 Å². The van der Waals surface area contributed by atoms with Gasteiger partial charge in [-0.2, -0.15) is 13.2 Å². The van der Waals surface area contributed by atoms with E-state index in [9.17, 15) is 23.1 Å². The molecule has 4 nitrogen and oxygen atoms in total. The summed E-state index contributed by atoms with van der Waals surface area (Å²) < 4.78 is 39.4. The van der Waals surface area contributed by atoms with E-state index in [1.807, 2.05) is 0 Å². The van der Waals surface area contributed by atoms with Gasteiger partial charge in [-0.05, 0) is 12.1 Å². The van der Waals surface area contributed by atoms with Crippen molar-refractivity contribution in [3.8, 4) is 5.82 Å². The van der Waals surface area contributed by atoms with Crippen LogP contribution in [0, 0.1) is 0 Å². The van der Waals surface area contributed by atoms with E-state index in [-0.39, 0.29) is 16.4 Å². The monoisotopic (exact) mass is 340 g/mol. The van der Waals surface area contributed by atoms with Crippen molar-refractivity contribution in [2.75, 3.05) is 0 Å². The number of hydrogen-bond acceptors (Lipinski definition) is 2. The molecule has 3 aromatic rings. The molecule has 23 heavy (non-hydrogen) atoms. The first-order chi connectivity index (χ1) is 10.8. The average molecular weight is 341 g/mol. The Morgan fingerprint density at radius 2 is 1.96 bits per heavy atom. The summed E-state index contributed by atoms with van der Waals surface area (Å²) in [7, 11) is 0. The maximum Gasteiger partial charge on any atom is 0.417 e. The van der Waals surface area contributed by atoms with Crippen molar-refractivity contribution in [3.05, 3.63) is 58.9 Å². The normalized spacial score (nSPS) is 11.8. The van der Waals surface area contributed by atoms with Crippen LogP contribution in [0.4, 0.5) is 13.2 Å². The van der Waals surface area contributed by atoms with Crippen LogP contribution in [0.3, 0.4) is 0 Å². The van der Waals surface area contributed by atoms with Gasteiger partial charge in [0, 0.05) is 17.8 Å². The molecule has 2 heterocycles. The van der Waals surface area contributed by atoms with Crippen LogP contribution in [0.1, 0.15) is 15.9 Å². The van der Waals surface area contributed by atoms with Crippen LogP contribution in [0.25, 0.3) is 16.7 Å². The number of carbonyl (C=O) groups is 1. The number of nitrogens with zero attached hydrogens (tertiary/aromatic N) is 2. The van der Waals surface area contributed by atoms with Gasteiger partial charge < -0.3 is 5.11 Å². The Labute approximate surface area is 132 Å². The summed E-state index contributed by atoms with van der Waals surface area (Å²) in [6.45, 7) is 0. The molecule has 0 saturated heterocycles. The number of aromatic nitrogens is 2. The summed E-state index contributed by atoms with van der Waals surface area (Å²) in [5.74, 6) is -1.12. The van der Waals surface area contributed by atoms with Crippen LogP contribution < -0.4 is 0 Å². The molecule has 0 amide bonds. The zero-order valence-electron chi connectivity index (χ0n) is 11.3. The fourth-order valence-electron chi connectivity index (χ4n) is 2.29. The van der Waals surface area contributed by atoms with Crippen LogP contribution in [0.15, 0.2) is 42.7 Å². The molecule has 0 spiro atoms. The smallest absolute Gasteiger partial charge is 0.417 e. The number of alkyl halides is 3. The van der Waals surface area contributed by atoms with Gasteiger partial charge in [0.05, 0.1) is 21.7 Å². The van der Waals surface area contributed by atoms with Crippen molar-refractivity contribution in [1.82, 2.24) is 9.55 Å². The van der Waals surface area contributed by atoms with E-state index < -0.39 is 17.7 Å². The number of benzene rings is 1. The maximum absolute atomic E-state index is 12.7. The van der Waals surface area contributed by atoms with E-state index in [1.165, 1.54) is 10.8 Å². The minimum atomic E-state index is -4.56. The molecule has 0 atom stereocenters. The van der Waals surface area contributed by atoms with E-state index in [2.05, 4.69) is 4.98 Å². The first-order valence-electron chi connectivity index (χ1n) is 6.35. The first kappa shape index (κ1) is 15.4. The predicted molar refractivity (Wildman–Crippen MR) is 78.0 cm³/mol. The van der Waals surface area contributed by atoms with E-state index in [0.717, 1.165) is 6.07 Å². The third-order valence-corrected chi connectivity index (χ3v) is 3.60. The van der Waals surface area contributed by atoms with Gasteiger partial charge in [0.2, 0.25) is 0 Å². The van der Waals surface area contributed by atoms with Gasteiger partial charge in [0.25, 0.3) is 0 Å². The fourth-order valence-corrected chi connectivity index (χ4v) is 2.55. The summed E-state index contributed by atoms with van der Waals surface area (Å²) in [5, 5.41) is 9.47. The summed E-state index contributed by atoms with van der Waals surface area (Å²) in [6.07, 6.45) is -2.61. The molecular formula is C15H8ClF3N2O2. The second-order valence-corrected chi connectivity index (χ2v) is 5.17. The number of para-hydroxylation sites is 1. The topological polar surface area (TPSA) is 55.1 Å². The van der Waals surface area contributed by atoms with Gasteiger partial charge in [0.15, 0.2) is 5.82 Å². The van der Waals surface area contributed by atoms with E-state index in [4.69, 9.17) is 11.6 Å². The molecule has 3 rings (SSSR count). The lowest BCUT2D eigenvalue weighted by atomic mass is 10.2. The highest BCUT2D eigenvalue weighted by Crippen LogP contribution is 2.33. The number of carboxylic acid groups (broad SMARTS) is 1. The Kier molecular flexibility index (Phi) is 3.52. The van der Waals surface area contributed by atoms with Gasteiger partial charge >= 0.3 is 12.1 Å². The molecule has 0 unspecified atom stereocenters. The number of aromatic carboxylic acids is 1. The van der Waals surface area contributed by atoms with Gasteiger partial charge in [-0.1, -0.05) is 29.8 Å². The Morgan fingerprint density at radius 1 is 1.26 bits per heavy atom. The quantitative estimate of drug-likeness (QED) is 0.752. The van der Waals surface area contributed by atoms with Crippen molar-refractivity contribution in [1.29, 1.82) is 0 Å². The van der Waals surface area contributed by atoms with Crippen molar-refractivity contribution in [3.63, 3.8) is 0 Å². The Bertz CT molecular complexity index is 919. The lowest BCUT2D eigenvalue weighted by Crippen LogP contribution is -2.07. The van der Waals surface area contributed by atoms with Crippen LogP contribution in [0.2, 0.25) is 5.02 Å². The standard InChI is InChI=1S/C15H8ClF3N2O2/c16-11-5-8(15(17,18)19)6-20-13(11)21-7-10(14(22)23)9-3-1-2-4-12(9)21/h1-7H,(H,22,23). The Hall–Kier alpha value is -2.54. The van der Waals surface area contributed by atoms with Crippen LogP contribution >= 0.6 is 11.6 Å². The average Bonchev–Trinajstić information content (AvgIpc) is 2.86. The van der Waals surface area contributed by atoms with Crippen LogP contribution in [-0.2, 0) is 6.18 Å². The maximum atomic E-state index is 12.7. The molecule has 0 aliphatic rings. The lowest BCUT2D eigenvalue weighted by Gasteiger charge is -2.10. The number of pyridine rings is 1. The third kappa shape index (κ3) is 2.63. The molecule has 0 aliphatic carbocycles. The number of halogens is 4. The summed E-state index contributed by atoms with van der Waals surface area (Å²) in [4.78, 5) is 15.1. The summed E-state index contributed by atoms with van der Waals surface area (Å²) >= 11 is 5.93. The Balaban J connectivity index is 2.24. The van der Waals surface area contributed by atoms with Gasteiger partial charge in [-0.3, -0.25) is 4.57 Å². The van der Waals surface area contributed by atoms with Crippen LogP contribution in [0.5, 0.6) is 0 Å². The first-order valence-corrected chi connectivity index (χ1v) is 6.73. The highest BCUT2D eigenvalue weighted by Gasteiger charge is 2.32. The van der Waals surface area contributed by atoms with Crippen molar-refractivity contribution < 1.29 is 23.1 Å². The molecule has 0 fully saturated rings. The molecule has 2 aromatic heterocycles. The number of rotatable bonds is 2. The zero-order chi connectivity index (χ0) is 16.8. The second-order valence-electron chi connectivity index (χ2n) is 4.76. The molecule has 1 N–H and O–H groups in total. The summed E-state index contributed by atoms with van der Waals surface area (Å²) in [5.41, 5.74) is -0.474.